The molecule has 0 saturated carbocycles. The summed E-state index contributed by atoms with van der Waals surface area (Å²) >= 11 is 7.14. The van der Waals surface area contributed by atoms with Crippen molar-refractivity contribution in [3.63, 3.8) is 0 Å². The normalized spacial score (nSPS) is 10.8. The molecule has 3 rings (SSSR count). The molecule has 1 aromatic heterocycles. The van der Waals surface area contributed by atoms with E-state index in [4.69, 9.17) is 17.4 Å². The summed E-state index contributed by atoms with van der Waals surface area (Å²) in [5.41, 5.74) is 1.64. The zero-order chi connectivity index (χ0) is 18.0. The fraction of sp³-hybridized carbons (Fsp3) is 0.118. The van der Waals surface area contributed by atoms with Gasteiger partial charge >= 0.3 is 0 Å². The number of aromatic nitrogens is 2. The Morgan fingerprint density at radius 3 is 2.84 bits per heavy atom. The van der Waals surface area contributed by atoms with Gasteiger partial charge in [-0.2, -0.15) is 0 Å². The lowest BCUT2D eigenvalue weighted by Crippen LogP contribution is -2.30. The molecule has 0 aliphatic heterocycles. The van der Waals surface area contributed by atoms with Crippen molar-refractivity contribution in [3.8, 4) is 0 Å². The lowest BCUT2D eigenvalue weighted by molar-refractivity contribution is -0.113. The number of fused-ring (bicyclic) bond motifs is 1. The van der Waals surface area contributed by atoms with Crippen LogP contribution in [0.15, 0.2) is 52.4 Å². The Bertz CT molecular complexity index is 1020. The molecule has 0 unspecified atom stereocenters. The third kappa shape index (κ3) is 3.62. The number of carbonyl (C=O) groups excluding carboxylic acids is 1. The predicted octanol–water partition coefficient (Wildman–Crippen LogP) is 2.80. The Hall–Kier alpha value is -2.51. The molecule has 3 N–H and O–H groups in total. The Morgan fingerprint density at radius 1 is 1.28 bits per heavy atom. The molecule has 8 heteroatoms. The van der Waals surface area contributed by atoms with E-state index in [9.17, 15) is 9.59 Å². The number of thioether (sulfide) groups is 1. The van der Waals surface area contributed by atoms with Crippen LogP contribution in [0.5, 0.6) is 0 Å². The van der Waals surface area contributed by atoms with Crippen LogP contribution in [0, 0.1) is 6.92 Å². The Labute approximate surface area is 153 Å². The third-order valence-electron chi connectivity index (χ3n) is 3.65. The Morgan fingerprint density at radius 2 is 2.04 bits per heavy atom. The van der Waals surface area contributed by atoms with Crippen LogP contribution < -0.4 is 16.7 Å². The maximum atomic E-state index is 12.2. The first-order chi connectivity index (χ1) is 12.0. The van der Waals surface area contributed by atoms with E-state index < -0.39 is 0 Å². The largest absolute Gasteiger partial charge is 0.334 e. The molecule has 0 bridgehead atoms. The molecule has 0 atom stereocenters. The van der Waals surface area contributed by atoms with Gasteiger partial charge in [-0.15, -0.1) is 0 Å². The van der Waals surface area contributed by atoms with Crippen molar-refractivity contribution in [3.05, 3.63) is 63.4 Å². The fourth-order valence-electron chi connectivity index (χ4n) is 2.29. The van der Waals surface area contributed by atoms with E-state index in [0.717, 1.165) is 22.0 Å². The number of anilines is 1. The molecular weight excluding hydrogens is 360 g/mol. The minimum Gasteiger partial charge on any atom is -0.334 e. The molecule has 3 aromatic rings. The second-order valence-corrected chi connectivity index (χ2v) is 6.69. The van der Waals surface area contributed by atoms with Crippen molar-refractivity contribution in [2.75, 3.05) is 16.9 Å². The Kier molecular flexibility index (Phi) is 4.96. The molecule has 2 aromatic carbocycles. The summed E-state index contributed by atoms with van der Waals surface area (Å²) in [6.45, 7) is 1.83. The lowest BCUT2D eigenvalue weighted by Gasteiger charge is -2.10. The average molecular weight is 375 g/mol. The van der Waals surface area contributed by atoms with Crippen molar-refractivity contribution in [2.24, 2.45) is 0 Å². The topological polar surface area (TPSA) is 90.0 Å². The van der Waals surface area contributed by atoms with Gasteiger partial charge in [-0.05, 0) is 36.8 Å². The highest BCUT2D eigenvalue weighted by molar-refractivity contribution is 7.99. The molecule has 0 fully saturated rings. The maximum Gasteiger partial charge on any atom is 0.280 e. The molecule has 0 spiro atoms. The van der Waals surface area contributed by atoms with Gasteiger partial charge in [0.1, 0.15) is 0 Å². The first-order valence-electron chi connectivity index (χ1n) is 7.42. The molecule has 1 heterocycles. The summed E-state index contributed by atoms with van der Waals surface area (Å²) in [5.74, 6) is 5.63. The summed E-state index contributed by atoms with van der Waals surface area (Å²) < 4.78 is 0.963. The number of rotatable bonds is 4. The number of nitrogens with two attached hydrogens (primary N) is 1. The van der Waals surface area contributed by atoms with E-state index in [0.29, 0.717) is 21.6 Å². The van der Waals surface area contributed by atoms with E-state index in [1.54, 1.807) is 42.5 Å². The van der Waals surface area contributed by atoms with Gasteiger partial charge in [0.2, 0.25) is 5.91 Å². The number of hydrogen-bond donors (Lipinski definition) is 2. The van der Waals surface area contributed by atoms with E-state index >= 15 is 0 Å². The minimum absolute atomic E-state index is 0.0634. The highest BCUT2D eigenvalue weighted by Gasteiger charge is 2.12. The third-order valence-corrected chi connectivity index (χ3v) is 5.01. The first kappa shape index (κ1) is 17.3. The maximum absolute atomic E-state index is 12.2. The van der Waals surface area contributed by atoms with Crippen LogP contribution in [0.4, 0.5) is 5.69 Å². The second kappa shape index (κ2) is 7.16. The molecule has 1 amide bonds. The molecule has 6 nitrogen and oxygen atoms in total. The van der Waals surface area contributed by atoms with Crippen molar-refractivity contribution < 1.29 is 4.79 Å². The number of amides is 1. The van der Waals surface area contributed by atoms with Crippen LogP contribution in [0.3, 0.4) is 0 Å². The molecular formula is C17H15ClN4O2S. The van der Waals surface area contributed by atoms with Crippen LogP contribution in [0.2, 0.25) is 5.02 Å². The molecule has 25 heavy (non-hydrogen) atoms. The zero-order valence-corrected chi connectivity index (χ0v) is 14.9. The van der Waals surface area contributed by atoms with Crippen LogP contribution in [0.1, 0.15) is 5.56 Å². The quantitative estimate of drug-likeness (QED) is 0.416. The van der Waals surface area contributed by atoms with Gasteiger partial charge in [-0.3, -0.25) is 9.59 Å². The second-order valence-electron chi connectivity index (χ2n) is 5.34. The number of nitrogens with one attached hydrogen (secondary N) is 1. The van der Waals surface area contributed by atoms with Crippen LogP contribution in [-0.4, -0.2) is 21.3 Å². The van der Waals surface area contributed by atoms with Gasteiger partial charge in [0.05, 0.1) is 16.7 Å². The summed E-state index contributed by atoms with van der Waals surface area (Å²) in [7, 11) is 0. The van der Waals surface area contributed by atoms with Gasteiger partial charge < -0.3 is 11.2 Å². The predicted molar refractivity (Wildman–Crippen MR) is 102 cm³/mol. The van der Waals surface area contributed by atoms with E-state index in [2.05, 4.69) is 10.3 Å². The zero-order valence-electron chi connectivity index (χ0n) is 13.3. The fourth-order valence-corrected chi connectivity index (χ4v) is 3.18. The highest BCUT2D eigenvalue weighted by atomic mass is 35.5. The van der Waals surface area contributed by atoms with Gasteiger partial charge in [0, 0.05) is 10.7 Å². The summed E-state index contributed by atoms with van der Waals surface area (Å²) in [5, 5.41) is 4.09. The monoisotopic (exact) mass is 374 g/mol. The first-order valence-corrected chi connectivity index (χ1v) is 8.78. The number of hydrogen-bond acceptors (Lipinski definition) is 5. The molecule has 0 saturated heterocycles. The number of benzene rings is 2. The smallest absolute Gasteiger partial charge is 0.280 e. The van der Waals surface area contributed by atoms with Crippen molar-refractivity contribution >= 4 is 45.9 Å². The van der Waals surface area contributed by atoms with E-state index in [1.807, 2.05) is 6.92 Å². The SMILES string of the molecule is Cc1c(Cl)cccc1NC(=O)CSc1nc2ccccc2c(=O)n1N. The number of nitrogens with zero attached hydrogens (tertiary/aromatic N) is 2. The molecule has 0 radical (unpaired) electrons. The Balaban J connectivity index is 1.76. The van der Waals surface area contributed by atoms with E-state index in [-0.39, 0.29) is 22.4 Å². The van der Waals surface area contributed by atoms with Crippen molar-refractivity contribution in [2.45, 2.75) is 12.1 Å². The lowest BCUT2D eigenvalue weighted by atomic mass is 10.2. The average Bonchev–Trinajstić information content (AvgIpc) is 2.61. The number of nitrogen functional groups attached to an aromatic ring is 1. The number of carbonyl (C=O) groups is 1. The van der Waals surface area contributed by atoms with Gasteiger partial charge in [-0.25, -0.2) is 9.66 Å². The van der Waals surface area contributed by atoms with Gasteiger partial charge in [-0.1, -0.05) is 41.6 Å². The molecule has 0 aliphatic carbocycles. The van der Waals surface area contributed by atoms with Gasteiger partial charge in [0.25, 0.3) is 5.56 Å². The molecule has 0 aliphatic rings. The summed E-state index contributed by atoms with van der Waals surface area (Å²) in [4.78, 5) is 28.8. The van der Waals surface area contributed by atoms with Crippen LogP contribution >= 0.6 is 23.4 Å². The van der Waals surface area contributed by atoms with E-state index in [1.165, 1.54) is 0 Å². The van der Waals surface area contributed by atoms with Crippen LogP contribution in [-0.2, 0) is 4.79 Å². The van der Waals surface area contributed by atoms with Crippen molar-refractivity contribution in [1.82, 2.24) is 9.66 Å². The van der Waals surface area contributed by atoms with Crippen molar-refractivity contribution in [1.29, 1.82) is 0 Å². The van der Waals surface area contributed by atoms with Crippen LogP contribution in [0.25, 0.3) is 10.9 Å². The minimum atomic E-state index is -0.348. The number of halogens is 1. The summed E-state index contributed by atoms with van der Waals surface area (Å²) in [6, 6.07) is 12.2. The standard InChI is InChI=1S/C17H15ClN4O2S/c1-10-12(18)6-4-8-13(10)20-15(23)9-25-17-21-14-7-3-2-5-11(14)16(24)22(17)19/h2-8H,9,19H2,1H3,(H,20,23). The highest BCUT2D eigenvalue weighted by Crippen LogP contribution is 2.23. The summed E-state index contributed by atoms with van der Waals surface area (Å²) in [6.07, 6.45) is 0. The number of para-hydroxylation sites is 1. The van der Waals surface area contributed by atoms with Gasteiger partial charge in [0.15, 0.2) is 5.16 Å². The molecule has 128 valence electrons.